The number of rotatable bonds is 7. The van der Waals surface area contributed by atoms with Gasteiger partial charge >= 0.3 is 0 Å². The number of hydrogen-bond acceptors (Lipinski definition) is 8. The summed E-state index contributed by atoms with van der Waals surface area (Å²) in [5.74, 6) is 1.39. The molecule has 0 saturated heterocycles. The second-order valence-electron chi connectivity index (χ2n) is 3.98. The highest BCUT2D eigenvalue weighted by Gasteiger charge is 2.09. The van der Waals surface area contributed by atoms with Crippen molar-refractivity contribution in [2.24, 2.45) is 0 Å². The lowest BCUT2D eigenvalue weighted by Gasteiger charge is -2.09. The third-order valence-electron chi connectivity index (χ3n) is 2.52. The summed E-state index contributed by atoms with van der Waals surface area (Å²) in [6.07, 6.45) is 1.94. The van der Waals surface area contributed by atoms with Gasteiger partial charge in [-0.1, -0.05) is 34.9 Å². The maximum atomic E-state index is 12.0. The molecule has 1 aromatic heterocycles. The minimum absolute atomic E-state index is 0.124. The largest absolute Gasteiger partial charge is 0.497 e. The number of amides is 1. The van der Waals surface area contributed by atoms with Gasteiger partial charge in [0, 0.05) is 23.9 Å². The summed E-state index contributed by atoms with van der Waals surface area (Å²) in [6, 6.07) is 5.22. The van der Waals surface area contributed by atoms with E-state index >= 15 is 0 Å². The monoisotopic (exact) mass is 357 g/mol. The first-order valence-corrected chi connectivity index (χ1v) is 9.20. The van der Waals surface area contributed by atoms with Gasteiger partial charge in [0.1, 0.15) is 11.5 Å². The molecule has 0 atom stereocenters. The van der Waals surface area contributed by atoms with Crippen LogP contribution in [0.15, 0.2) is 26.9 Å². The molecular weight excluding hydrogens is 342 g/mol. The number of aromatic nitrogens is 2. The molecule has 0 fully saturated rings. The second-order valence-corrected chi connectivity index (χ2v) is 7.23. The highest BCUT2D eigenvalue weighted by molar-refractivity contribution is 8.03. The number of carbonyl (C=O) groups is 1. The topological polar surface area (TPSA) is 73.3 Å². The third-order valence-corrected chi connectivity index (χ3v) is 5.56. The van der Waals surface area contributed by atoms with Crippen LogP contribution in [0.3, 0.4) is 0 Å². The van der Waals surface area contributed by atoms with Gasteiger partial charge in [0.25, 0.3) is 0 Å². The fraction of sp³-hybridized carbons (Fsp3) is 0.308. The summed E-state index contributed by atoms with van der Waals surface area (Å²) in [6.45, 7) is 0. The molecule has 0 aliphatic heterocycles. The molecule has 1 aromatic carbocycles. The molecule has 0 aliphatic carbocycles. The SMILES string of the molecule is COc1cc(NC(=O)CSc2nnc(SC)s2)cc(OC)c1. The van der Waals surface area contributed by atoms with E-state index in [0.717, 1.165) is 8.68 Å². The Morgan fingerprint density at radius 3 is 2.36 bits per heavy atom. The van der Waals surface area contributed by atoms with Crippen LogP contribution in [-0.2, 0) is 4.79 Å². The molecular formula is C13H15N3O3S3. The summed E-state index contributed by atoms with van der Waals surface area (Å²) in [5, 5.41) is 10.8. The number of carbonyl (C=O) groups excluding carboxylic acids is 1. The lowest BCUT2D eigenvalue weighted by Crippen LogP contribution is -2.14. The van der Waals surface area contributed by atoms with Crippen molar-refractivity contribution in [3.63, 3.8) is 0 Å². The van der Waals surface area contributed by atoms with E-state index in [1.807, 2.05) is 6.26 Å². The summed E-state index contributed by atoms with van der Waals surface area (Å²) in [4.78, 5) is 12.0. The molecule has 0 radical (unpaired) electrons. The molecule has 2 rings (SSSR count). The van der Waals surface area contributed by atoms with Gasteiger partial charge in [0.2, 0.25) is 5.91 Å². The predicted octanol–water partition coefficient (Wildman–Crippen LogP) is 3.01. The maximum Gasteiger partial charge on any atom is 0.234 e. The molecule has 6 nitrogen and oxygen atoms in total. The summed E-state index contributed by atoms with van der Waals surface area (Å²) in [5.41, 5.74) is 0.629. The van der Waals surface area contributed by atoms with Gasteiger partial charge in [0.05, 0.1) is 20.0 Å². The Bertz CT molecular complexity index is 626. The van der Waals surface area contributed by atoms with Crippen LogP contribution in [-0.4, -0.2) is 42.3 Å². The van der Waals surface area contributed by atoms with E-state index in [0.29, 0.717) is 17.2 Å². The number of ether oxygens (including phenoxy) is 2. The summed E-state index contributed by atoms with van der Waals surface area (Å²) in [7, 11) is 3.13. The molecule has 1 N–H and O–H groups in total. The van der Waals surface area contributed by atoms with Gasteiger partial charge in [-0.25, -0.2) is 0 Å². The normalized spacial score (nSPS) is 10.3. The first kappa shape index (κ1) is 16.9. The Morgan fingerprint density at radius 1 is 1.18 bits per heavy atom. The smallest absolute Gasteiger partial charge is 0.234 e. The predicted molar refractivity (Wildman–Crippen MR) is 90.6 cm³/mol. The number of benzene rings is 1. The fourth-order valence-electron chi connectivity index (χ4n) is 1.54. The zero-order valence-corrected chi connectivity index (χ0v) is 14.7. The van der Waals surface area contributed by atoms with Gasteiger partial charge in [-0.05, 0) is 6.26 Å². The lowest BCUT2D eigenvalue weighted by atomic mass is 10.2. The molecule has 0 spiro atoms. The van der Waals surface area contributed by atoms with Crippen LogP contribution in [0.1, 0.15) is 0 Å². The highest BCUT2D eigenvalue weighted by atomic mass is 32.2. The number of hydrogen-bond donors (Lipinski definition) is 1. The number of nitrogens with one attached hydrogen (secondary N) is 1. The zero-order valence-electron chi connectivity index (χ0n) is 12.3. The highest BCUT2D eigenvalue weighted by Crippen LogP contribution is 2.28. The van der Waals surface area contributed by atoms with E-state index in [9.17, 15) is 4.79 Å². The average molecular weight is 357 g/mol. The van der Waals surface area contributed by atoms with E-state index in [1.54, 1.807) is 32.4 Å². The molecule has 9 heteroatoms. The van der Waals surface area contributed by atoms with E-state index < -0.39 is 0 Å². The minimum atomic E-state index is -0.124. The van der Waals surface area contributed by atoms with Crippen molar-refractivity contribution in [2.45, 2.75) is 8.68 Å². The molecule has 0 saturated carbocycles. The van der Waals surface area contributed by atoms with Crippen LogP contribution in [0.5, 0.6) is 11.5 Å². The maximum absolute atomic E-state index is 12.0. The Morgan fingerprint density at radius 2 is 1.82 bits per heavy atom. The standard InChI is InChI=1S/C13H15N3O3S3/c1-18-9-4-8(5-10(6-9)19-2)14-11(17)7-21-13-16-15-12(20-3)22-13/h4-6H,7H2,1-3H3,(H,14,17). The summed E-state index contributed by atoms with van der Waals surface area (Å²) < 4.78 is 12.0. The van der Waals surface area contributed by atoms with Crippen molar-refractivity contribution < 1.29 is 14.3 Å². The van der Waals surface area contributed by atoms with Crippen LogP contribution in [0.2, 0.25) is 0 Å². The molecule has 22 heavy (non-hydrogen) atoms. The molecule has 0 aliphatic rings. The Balaban J connectivity index is 1.93. The molecule has 0 unspecified atom stereocenters. The van der Waals surface area contributed by atoms with Crippen molar-refractivity contribution in [3.8, 4) is 11.5 Å². The number of nitrogens with zero attached hydrogens (tertiary/aromatic N) is 2. The van der Waals surface area contributed by atoms with Gasteiger partial charge in [0.15, 0.2) is 8.68 Å². The minimum Gasteiger partial charge on any atom is -0.497 e. The molecule has 118 valence electrons. The number of thioether (sulfide) groups is 2. The second kappa shape index (κ2) is 8.25. The van der Waals surface area contributed by atoms with Crippen molar-refractivity contribution in [2.75, 3.05) is 31.5 Å². The Hall–Kier alpha value is -1.45. The zero-order chi connectivity index (χ0) is 15.9. The molecule has 2 aromatic rings. The first-order valence-electron chi connectivity index (χ1n) is 6.18. The van der Waals surface area contributed by atoms with E-state index in [2.05, 4.69) is 15.5 Å². The molecule has 1 amide bonds. The Labute approximate surface area is 141 Å². The van der Waals surface area contributed by atoms with E-state index in [4.69, 9.17) is 9.47 Å². The van der Waals surface area contributed by atoms with Crippen LogP contribution < -0.4 is 14.8 Å². The van der Waals surface area contributed by atoms with Gasteiger partial charge in [-0.3, -0.25) is 4.79 Å². The number of methoxy groups -OCH3 is 2. The molecule has 1 heterocycles. The van der Waals surface area contributed by atoms with Crippen molar-refractivity contribution >= 4 is 46.5 Å². The van der Waals surface area contributed by atoms with Crippen LogP contribution >= 0.6 is 34.9 Å². The quantitative estimate of drug-likeness (QED) is 0.764. The van der Waals surface area contributed by atoms with Crippen LogP contribution in [0.4, 0.5) is 5.69 Å². The average Bonchev–Trinajstić information content (AvgIpc) is 3.00. The van der Waals surface area contributed by atoms with Crippen LogP contribution in [0.25, 0.3) is 0 Å². The van der Waals surface area contributed by atoms with Gasteiger partial charge < -0.3 is 14.8 Å². The van der Waals surface area contributed by atoms with Gasteiger partial charge in [-0.2, -0.15) is 0 Å². The first-order chi connectivity index (χ1) is 10.6. The number of anilines is 1. The lowest BCUT2D eigenvalue weighted by molar-refractivity contribution is -0.113. The fourth-order valence-corrected chi connectivity index (χ4v) is 3.78. The van der Waals surface area contributed by atoms with Crippen LogP contribution in [0, 0.1) is 0 Å². The molecule has 0 bridgehead atoms. The van der Waals surface area contributed by atoms with Gasteiger partial charge in [-0.15, -0.1) is 10.2 Å². The third kappa shape index (κ3) is 4.79. The van der Waals surface area contributed by atoms with Crippen molar-refractivity contribution in [3.05, 3.63) is 18.2 Å². The van der Waals surface area contributed by atoms with Crippen molar-refractivity contribution in [1.82, 2.24) is 10.2 Å². The van der Waals surface area contributed by atoms with E-state index in [1.165, 1.54) is 34.9 Å². The van der Waals surface area contributed by atoms with Crippen molar-refractivity contribution in [1.29, 1.82) is 0 Å². The van der Waals surface area contributed by atoms with E-state index in [-0.39, 0.29) is 11.7 Å². The summed E-state index contributed by atoms with van der Waals surface area (Å²) >= 11 is 4.38. The Kier molecular flexibility index (Phi) is 6.34.